The summed E-state index contributed by atoms with van der Waals surface area (Å²) in [6.45, 7) is 1.73. The lowest BCUT2D eigenvalue weighted by atomic mass is 10.3. The van der Waals surface area contributed by atoms with E-state index in [1.54, 1.807) is 24.3 Å². The normalized spacial score (nSPS) is 10.8. The van der Waals surface area contributed by atoms with Crippen LogP contribution in [0, 0.1) is 6.92 Å². The molecule has 0 spiro atoms. The fourth-order valence-electron chi connectivity index (χ4n) is 1.32. The van der Waals surface area contributed by atoms with Crippen LogP contribution in [-0.2, 0) is 0 Å². The first kappa shape index (κ1) is 9.29. The third-order valence-corrected chi connectivity index (χ3v) is 2.92. The molecule has 3 rings (SSSR count). The Labute approximate surface area is 94.7 Å². The zero-order chi connectivity index (χ0) is 11.0. The fourth-order valence-corrected chi connectivity index (χ4v) is 1.99. The van der Waals surface area contributed by atoms with E-state index in [0.29, 0.717) is 23.2 Å². The molecule has 0 fully saturated rings. The van der Waals surface area contributed by atoms with E-state index in [1.807, 2.05) is 17.5 Å². The van der Waals surface area contributed by atoms with Crippen LogP contribution in [0.15, 0.2) is 32.6 Å². The summed E-state index contributed by atoms with van der Waals surface area (Å²) >= 11 is 1.59. The van der Waals surface area contributed by atoms with Gasteiger partial charge in [-0.2, -0.15) is 4.98 Å². The molecule has 0 amide bonds. The highest BCUT2D eigenvalue weighted by Gasteiger charge is 2.13. The molecule has 0 atom stereocenters. The molecular formula is C10H7N3O2S. The summed E-state index contributed by atoms with van der Waals surface area (Å²) in [5.74, 6) is 1.67. The lowest BCUT2D eigenvalue weighted by molar-refractivity contribution is 0.393. The lowest BCUT2D eigenvalue weighted by Crippen LogP contribution is -1.78. The Kier molecular flexibility index (Phi) is 2.07. The highest BCUT2D eigenvalue weighted by molar-refractivity contribution is 7.13. The molecule has 0 aliphatic heterocycles. The predicted molar refractivity (Wildman–Crippen MR) is 57.8 cm³/mol. The summed E-state index contributed by atoms with van der Waals surface area (Å²) in [4.78, 5) is 5.11. The van der Waals surface area contributed by atoms with Gasteiger partial charge in [0.25, 0.3) is 0 Å². The summed E-state index contributed by atoms with van der Waals surface area (Å²) in [6.07, 6.45) is 0. The number of aromatic nitrogens is 3. The van der Waals surface area contributed by atoms with Gasteiger partial charge in [-0.3, -0.25) is 0 Å². The van der Waals surface area contributed by atoms with Gasteiger partial charge in [-0.05, 0) is 11.4 Å². The molecule has 0 bridgehead atoms. The van der Waals surface area contributed by atoms with Gasteiger partial charge in [-0.15, -0.1) is 11.3 Å². The maximum Gasteiger partial charge on any atom is 0.224 e. The highest BCUT2D eigenvalue weighted by Crippen LogP contribution is 2.27. The van der Waals surface area contributed by atoms with Crippen LogP contribution in [0.3, 0.4) is 0 Å². The standard InChI is InChI=1S/C10H7N3O2S/c1-6-11-10(13-14-6)7-5-8(15-12-7)9-3-2-4-16-9/h2-5H,1H3. The van der Waals surface area contributed by atoms with Gasteiger partial charge in [-0.1, -0.05) is 16.4 Å². The van der Waals surface area contributed by atoms with Crippen LogP contribution in [-0.4, -0.2) is 15.3 Å². The smallest absolute Gasteiger partial charge is 0.224 e. The minimum Gasteiger partial charge on any atom is -0.355 e. The van der Waals surface area contributed by atoms with E-state index in [1.165, 1.54) is 0 Å². The van der Waals surface area contributed by atoms with Crippen molar-refractivity contribution in [2.45, 2.75) is 6.92 Å². The molecule has 0 radical (unpaired) electrons. The van der Waals surface area contributed by atoms with Crippen molar-refractivity contribution in [2.24, 2.45) is 0 Å². The first-order valence-electron chi connectivity index (χ1n) is 4.64. The zero-order valence-corrected chi connectivity index (χ0v) is 9.19. The minimum atomic E-state index is 0.448. The van der Waals surface area contributed by atoms with E-state index in [4.69, 9.17) is 9.05 Å². The van der Waals surface area contributed by atoms with Crippen molar-refractivity contribution in [2.75, 3.05) is 0 Å². The molecule has 6 heteroatoms. The summed E-state index contributed by atoms with van der Waals surface area (Å²) in [6, 6.07) is 5.73. The molecule has 3 aromatic rings. The largest absolute Gasteiger partial charge is 0.355 e. The van der Waals surface area contributed by atoms with Crippen LogP contribution in [0.5, 0.6) is 0 Å². The Morgan fingerprint density at radius 2 is 2.19 bits per heavy atom. The number of aryl methyl sites for hydroxylation is 1. The van der Waals surface area contributed by atoms with E-state index in [9.17, 15) is 0 Å². The van der Waals surface area contributed by atoms with Crippen LogP contribution in [0.4, 0.5) is 0 Å². The summed E-state index contributed by atoms with van der Waals surface area (Å²) in [5.41, 5.74) is 0.584. The number of rotatable bonds is 2. The SMILES string of the molecule is Cc1nc(-c2cc(-c3cccs3)on2)no1. The number of nitrogens with zero attached hydrogens (tertiary/aromatic N) is 3. The third kappa shape index (κ3) is 1.53. The van der Waals surface area contributed by atoms with Gasteiger partial charge in [0.2, 0.25) is 11.7 Å². The quantitative estimate of drug-likeness (QED) is 0.680. The zero-order valence-electron chi connectivity index (χ0n) is 8.38. The van der Waals surface area contributed by atoms with Crippen molar-refractivity contribution in [1.29, 1.82) is 0 Å². The number of hydrogen-bond donors (Lipinski definition) is 0. The van der Waals surface area contributed by atoms with Crippen molar-refractivity contribution in [3.05, 3.63) is 29.5 Å². The maximum atomic E-state index is 5.21. The van der Waals surface area contributed by atoms with Crippen molar-refractivity contribution >= 4 is 11.3 Å². The summed E-state index contributed by atoms with van der Waals surface area (Å²) in [7, 11) is 0. The average Bonchev–Trinajstić information content (AvgIpc) is 2.97. The molecule has 0 aromatic carbocycles. The molecule has 0 aliphatic carbocycles. The Hall–Kier alpha value is -1.95. The second kappa shape index (κ2) is 3.57. The van der Waals surface area contributed by atoms with Crippen LogP contribution in [0.1, 0.15) is 5.89 Å². The van der Waals surface area contributed by atoms with Crippen LogP contribution < -0.4 is 0 Å². The maximum absolute atomic E-state index is 5.21. The average molecular weight is 233 g/mol. The Bertz CT molecular complexity index is 597. The van der Waals surface area contributed by atoms with Crippen molar-refractivity contribution < 1.29 is 9.05 Å². The molecule has 5 nitrogen and oxygen atoms in total. The number of hydrogen-bond acceptors (Lipinski definition) is 6. The Morgan fingerprint density at radius 3 is 2.88 bits per heavy atom. The molecule has 3 heterocycles. The minimum absolute atomic E-state index is 0.448. The molecule has 0 aliphatic rings. The van der Waals surface area contributed by atoms with Gasteiger partial charge in [0.15, 0.2) is 11.5 Å². The molecular weight excluding hydrogens is 226 g/mol. The molecule has 80 valence electrons. The second-order valence-corrected chi connectivity index (χ2v) is 4.14. The highest BCUT2D eigenvalue weighted by atomic mass is 32.1. The first-order valence-corrected chi connectivity index (χ1v) is 5.52. The van der Waals surface area contributed by atoms with E-state index >= 15 is 0 Å². The lowest BCUT2D eigenvalue weighted by Gasteiger charge is -1.83. The van der Waals surface area contributed by atoms with E-state index < -0.39 is 0 Å². The van der Waals surface area contributed by atoms with Gasteiger partial charge in [-0.25, -0.2) is 0 Å². The van der Waals surface area contributed by atoms with Gasteiger partial charge in [0.05, 0.1) is 4.88 Å². The molecule has 0 unspecified atom stereocenters. The van der Waals surface area contributed by atoms with Gasteiger partial charge < -0.3 is 9.05 Å². The van der Waals surface area contributed by atoms with Gasteiger partial charge in [0.1, 0.15) is 0 Å². The molecule has 0 N–H and O–H groups in total. The van der Waals surface area contributed by atoms with Crippen molar-refractivity contribution in [3.8, 4) is 22.2 Å². The van der Waals surface area contributed by atoms with Crippen molar-refractivity contribution in [3.63, 3.8) is 0 Å². The van der Waals surface area contributed by atoms with Crippen LogP contribution in [0.2, 0.25) is 0 Å². The summed E-state index contributed by atoms with van der Waals surface area (Å²) < 4.78 is 10.1. The van der Waals surface area contributed by atoms with Gasteiger partial charge >= 0.3 is 0 Å². The molecule has 0 saturated carbocycles. The third-order valence-electron chi connectivity index (χ3n) is 2.03. The van der Waals surface area contributed by atoms with E-state index in [2.05, 4.69) is 15.3 Å². The second-order valence-electron chi connectivity index (χ2n) is 3.19. The predicted octanol–water partition coefficient (Wildman–Crippen LogP) is 2.76. The topological polar surface area (TPSA) is 65.0 Å². The Morgan fingerprint density at radius 1 is 1.25 bits per heavy atom. The van der Waals surface area contributed by atoms with E-state index in [0.717, 1.165) is 4.88 Å². The van der Waals surface area contributed by atoms with Crippen molar-refractivity contribution in [1.82, 2.24) is 15.3 Å². The first-order chi connectivity index (χ1) is 7.83. The fraction of sp³-hybridized carbons (Fsp3) is 0.100. The van der Waals surface area contributed by atoms with Crippen LogP contribution in [0.25, 0.3) is 22.2 Å². The molecule has 0 saturated heterocycles. The molecule has 3 aromatic heterocycles. The monoisotopic (exact) mass is 233 g/mol. The molecule has 16 heavy (non-hydrogen) atoms. The Balaban J connectivity index is 2.00. The number of thiophene rings is 1. The van der Waals surface area contributed by atoms with E-state index in [-0.39, 0.29) is 0 Å². The van der Waals surface area contributed by atoms with Crippen LogP contribution >= 0.6 is 11.3 Å². The summed E-state index contributed by atoms with van der Waals surface area (Å²) in [5, 5.41) is 9.66. The van der Waals surface area contributed by atoms with Gasteiger partial charge in [0, 0.05) is 13.0 Å².